The van der Waals surface area contributed by atoms with Crippen molar-refractivity contribution in [3.05, 3.63) is 52.8 Å². The minimum absolute atomic E-state index is 0.115. The van der Waals surface area contributed by atoms with Gasteiger partial charge in [0.15, 0.2) is 10.9 Å². The molecule has 31 heavy (non-hydrogen) atoms. The van der Waals surface area contributed by atoms with Gasteiger partial charge < -0.3 is 14.2 Å². The van der Waals surface area contributed by atoms with Crippen LogP contribution in [0.1, 0.15) is 34.2 Å². The number of ketones is 1. The van der Waals surface area contributed by atoms with Crippen molar-refractivity contribution in [2.45, 2.75) is 39.4 Å². The number of hydrogen-bond donors (Lipinski definition) is 0. The van der Waals surface area contributed by atoms with E-state index in [1.54, 1.807) is 0 Å². The number of anilines is 1. The average molecular weight is 440 g/mol. The number of benzene rings is 1. The lowest BCUT2D eigenvalue weighted by molar-refractivity contribution is 0.102. The van der Waals surface area contributed by atoms with Gasteiger partial charge in [-0.3, -0.25) is 9.36 Å². The first-order chi connectivity index (χ1) is 15.0. The van der Waals surface area contributed by atoms with Gasteiger partial charge in [-0.1, -0.05) is 29.5 Å². The zero-order valence-corrected chi connectivity index (χ0v) is 19.4. The van der Waals surface area contributed by atoms with E-state index in [9.17, 15) is 4.79 Å². The van der Waals surface area contributed by atoms with Crippen LogP contribution >= 0.6 is 11.8 Å². The fourth-order valence-corrected chi connectivity index (χ4v) is 4.85. The quantitative estimate of drug-likeness (QED) is 0.412. The summed E-state index contributed by atoms with van der Waals surface area (Å²) in [5.41, 5.74) is 5.13. The predicted octanol–water partition coefficient (Wildman–Crippen LogP) is 3.83. The van der Waals surface area contributed by atoms with Crippen molar-refractivity contribution in [2.75, 3.05) is 37.0 Å². The van der Waals surface area contributed by atoms with Gasteiger partial charge in [-0.2, -0.15) is 0 Å². The monoisotopic (exact) mass is 439 g/mol. The van der Waals surface area contributed by atoms with E-state index in [0.717, 1.165) is 53.4 Å². The van der Waals surface area contributed by atoms with Crippen molar-refractivity contribution in [1.29, 1.82) is 0 Å². The van der Waals surface area contributed by atoms with Crippen molar-refractivity contribution >= 4 is 23.5 Å². The number of carbonyl (C=O) groups is 1. The summed E-state index contributed by atoms with van der Waals surface area (Å²) in [4.78, 5) is 15.2. The Morgan fingerprint density at radius 3 is 2.45 bits per heavy atom. The first-order valence-electron chi connectivity index (χ1n) is 10.7. The molecule has 3 heterocycles. The summed E-state index contributed by atoms with van der Waals surface area (Å²) in [5, 5.41) is 9.66. The summed E-state index contributed by atoms with van der Waals surface area (Å²) in [6.07, 6.45) is 0. The van der Waals surface area contributed by atoms with Gasteiger partial charge in [-0.15, -0.1) is 10.2 Å². The molecule has 1 fully saturated rings. The molecule has 0 bridgehead atoms. The van der Waals surface area contributed by atoms with Crippen LogP contribution in [-0.4, -0.2) is 57.2 Å². The number of aryl methyl sites for hydroxylation is 2. The molecule has 0 aliphatic carbocycles. The summed E-state index contributed by atoms with van der Waals surface area (Å²) >= 11 is 1.44. The highest BCUT2D eigenvalue weighted by Crippen LogP contribution is 2.28. The molecule has 7 nitrogen and oxygen atoms in total. The number of carbonyl (C=O) groups excluding carboxylic acids is 1. The Hall–Kier alpha value is -2.58. The van der Waals surface area contributed by atoms with Gasteiger partial charge in [0.25, 0.3) is 0 Å². The van der Waals surface area contributed by atoms with Crippen molar-refractivity contribution in [3.8, 4) is 5.69 Å². The molecule has 0 spiro atoms. The number of thioether (sulfide) groups is 1. The van der Waals surface area contributed by atoms with Crippen LogP contribution in [0.5, 0.6) is 0 Å². The molecule has 1 aliphatic heterocycles. The van der Waals surface area contributed by atoms with Crippen molar-refractivity contribution < 1.29 is 9.53 Å². The molecule has 2 aromatic heterocycles. The standard InChI is InChI=1S/C23H29N5O2S/c1-5-27-17(3)14-20(18(27)4)21(29)15-31-23-25-24-22(26-10-12-30-13-11-26)28(23)19-8-6-16(2)7-9-19/h6-9,14H,5,10-13,15H2,1-4H3. The van der Waals surface area contributed by atoms with Gasteiger partial charge in [-0.05, 0) is 45.9 Å². The molecule has 3 aromatic rings. The lowest BCUT2D eigenvalue weighted by atomic mass is 10.2. The van der Waals surface area contributed by atoms with Gasteiger partial charge in [0.05, 0.1) is 24.7 Å². The van der Waals surface area contributed by atoms with E-state index in [0.29, 0.717) is 19.0 Å². The molecular weight excluding hydrogens is 410 g/mol. The number of aromatic nitrogens is 4. The number of hydrogen-bond acceptors (Lipinski definition) is 6. The van der Waals surface area contributed by atoms with Crippen molar-refractivity contribution in [1.82, 2.24) is 19.3 Å². The third-order valence-corrected chi connectivity index (χ3v) is 6.65. The van der Waals surface area contributed by atoms with Crippen LogP contribution in [0, 0.1) is 20.8 Å². The van der Waals surface area contributed by atoms with E-state index >= 15 is 0 Å². The smallest absolute Gasteiger partial charge is 0.232 e. The van der Waals surface area contributed by atoms with Crippen LogP contribution in [0.4, 0.5) is 5.95 Å². The molecule has 0 saturated carbocycles. The average Bonchev–Trinajstić information content (AvgIpc) is 3.33. The van der Waals surface area contributed by atoms with E-state index in [1.807, 2.05) is 19.9 Å². The fourth-order valence-electron chi connectivity index (χ4n) is 4.02. The Kier molecular flexibility index (Phi) is 6.48. The fraction of sp³-hybridized carbons (Fsp3) is 0.435. The Labute approximate surface area is 187 Å². The molecule has 0 atom stereocenters. The van der Waals surface area contributed by atoms with Gasteiger partial charge in [-0.25, -0.2) is 0 Å². The van der Waals surface area contributed by atoms with E-state index in [2.05, 4.69) is 62.3 Å². The van der Waals surface area contributed by atoms with E-state index in [-0.39, 0.29) is 5.78 Å². The molecule has 1 saturated heterocycles. The summed E-state index contributed by atoms with van der Waals surface area (Å²) in [6, 6.07) is 10.3. The number of rotatable bonds is 7. The Balaban J connectivity index is 1.61. The summed E-state index contributed by atoms with van der Waals surface area (Å²) in [5.74, 6) is 1.23. The predicted molar refractivity (Wildman–Crippen MR) is 124 cm³/mol. The van der Waals surface area contributed by atoms with Crippen LogP contribution in [0.3, 0.4) is 0 Å². The third kappa shape index (κ3) is 4.41. The van der Waals surface area contributed by atoms with Crippen molar-refractivity contribution in [3.63, 3.8) is 0 Å². The number of ether oxygens (including phenoxy) is 1. The van der Waals surface area contributed by atoms with E-state index in [1.165, 1.54) is 17.3 Å². The van der Waals surface area contributed by atoms with Gasteiger partial charge in [0.2, 0.25) is 5.95 Å². The molecular formula is C23H29N5O2S. The second kappa shape index (κ2) is 9.28. The second-order valence-electron chi connectivity index (χ2n) is 7.79. The normalized spacial score (nSPS) is 14.3. The zero-order valence-electron chi connectivity index (χ0n) is 18.6. The Morgan fingerprint density at radius 1 is 1.10 bits per heavy atom. The highest BCUT2D eigenvalue weighted by molar-refractivity contribution is 7.99. The molecule has 8 heteroatoms. The van der Waals surface area contributed by atoms with Gasteiger partial charge in [0.1, 0.15) is 0 Å². The number of nitrogens with zero attached hydrogens (tertiary/aromatic N) is 5. The van der Waals surface area contributed by atoms with Crippen LogP contribution in [0.2, 0.25) is 0 Å². The minimum Gasteiger partial charge on any atom is -0.378 e. The van der Waals surface area contributed by atoms with Crippen LogP contribution < -0.4 is 4.90 Å². The summed E-state index contributed by atoms with van der Waals surface area (Å²) < 4.78 is 9.72. The minimum atomic E-state index is 0.115. The van der Waals surface area contributed by atoms with Gasteiger partial charge in [0, 0.05) is 36.6 Å². The molecule has 0 unspecified atom stereocenters. The van der Waals surface area contributed by atoms with E-state index in [4.69, 9.17) is 4.74 Å². The lowest BCUT2D eigenvalue weighted by Gasteiger charge is -2.27. The number of morpholine rings is 1. The van der Waals surface area contributed by atoms with Crippen LogP contribution in [-0.2, 0) is 11.3 Å². The first kappa shape index (κ1) is 21.6. The molecule has 0 radical (unpaired) electrons. The summed E-state index contributed by atoms with van der Waals surface area (Å²) in [7, 11) is 0. The summed E-state index contributed by atoms with van der Waals surface area (Å²) in [6.45, 7) is 12.0. The molecule has 4 rings (SSSR count). The maximum absolute atomic E-state index is 13.0. The van der Waals surface area contributed by atoms with Crippen LogP contribution in [0.15, 0.2) is 35.5 Å². The topological polar surface area (TPSA) is 65.2 Å². The maximum Gasteiger partial charge on any atom is 0.232 e. The Bertz CT molecular complexity index is 1060. The highest BCUT2D eigenvalue weighted by atomic mass is 32.2. The first-order valence-corrected chi connectivity index (χ1v) is 11.7. The number of Topliss-reactive ketones (excluding diaryl/α,β-unsaturated/α-hetero) is 1. The zero-order chi connectivity index (χ0) is 22.0. The molecule has 1 aliphatic rings. The Morgan fingerprint density at radius 2 is 1.81 bits per heavy atom. The molecule has 0 N–H and O–H groups in total. The largest absolute Gasteiger partial charge is 0.378 e. The lowest BCUT2D eigenvalue weighted by Crippen LogP contribution is -2.37. The molecule has 1 aromatic carbocycles. The SMILES string of the molecule is CCn1c(C)cc(C(=O)CSc2nnc(N3CCOCC3)n2-c2ccc(C)cc2)c1C. The molecule has 0 amide bonds. The molecule has 164 valence electrons. The van der Waals surface area contributed by atoms with Crippen molar-refractivity contribution in [2.24, 2.45) is 0 Å². The second-order valence-corrected chi connectivity index (χ2v) is 8.74. The van der Waals surface area contributed by atoms with E-state index < -0.39 is 0 Å². The van der Waals surface area contributed by atoms with Crippen LogP contribution in [0.25, 0.3) is 5.69 Å². The maximum atomic E-state index is 13.0. The highest BCUT2D eigenvalue weighted by Gasteiger charge is 2.23. The third-order valence-electron chi connectivity index (χ3n) is 5.73. The van der Waals surface area contributed by atoms with Gasteiger partial charge >= 0.3 is 0 Å².